The van der Waals surface area contributed by atoms with E-state index in [9.17, 15) is 13.2 Å². The second-order valence-electron chi connectivity index (χ2n) is 5.88. The molecule has 0 aliphatic rings. The molecule has 0 unspecified atom stereocenters. The SMILES string of the molecule is CCN(C(=O)CN(CCN(C)C)S(C)(=O)=O)c1cccc(C)c1. The lowest BCUT2D eigenvalue weighted by Crippen LogP contribution is -2.44. The van der Waals surface area contributed by atoms with E-state index in [-0.39, 0.29) is 12.5 Å². The van der Waals surface area contributed by atoms with Crippen molar-refractivity contribution in [3.05, 3.63) is 29.8 Å². The highest BCUT2D eigenvalue weighted by Crippen LogP contribution is 2.16. The summed E-state index contributed by atoms with van der Waals surface area (Å²) in [5, 5.41) is 0. The maximum Gasteiger partial charge on any atom is 0.242 e. The summed E-state index contributed by atoms with van der Waals surface area (Å²) in [5.74, 6) is -0.220. The van der Waals surface area contributed by atoms with Crippen molar-refractivity contribution in [3.8, 4) is 0 Å². The number of carbonyl (C=O) groups excluding carboxylic acids is 1. The first-order valence-corrected chi connectivity index (χ1v) is 9.47. The summed E-state index contributed by atoms with van der Waals surface area (Å²) < 4.78 is 25.1. The summed E-state index contributed by atoms with van der Waals surface area (Å²) in [6.45, 7) is 5.05. The number of nitrogens with zero attached hydrogens (tertiary/aromatic N) is 3. The topological polar surface area (TPSA) is 60.9 Å². The number of hydrogen-bond donors (Lipinski definition) is 0. The molecule has 0 atom stereocenters. The van der Waals surface area contributed by atoms with E-state index >= 15 is 0 Å². The number of benzene rings is 1. The van der Waals surface area contributed by atoms with Crippen molar-refractivity contribution in [1.82, 2.24) is 9.21 Å². The third kappa shape index (κ3) is 6.29. The molecular formula is C16H27N3O3S. The Kier molecular flexibility index (Phi) is 7.18. The van der Waals surface area contributed by atoms with Crippen LogP contribution in [0.15, 0.2) is 24.3 Å². The van der Waals surface area contributed by atoms with Crippen molar-refractivity contribution < 1.29 is 13.2 Å². The fourth-order valence-electron chi connectivity index (χ4n) is 2.21. The molecule has 0 radical (unpaired) electrons. The lowest BCUT2D eigenvalue weighted by atomic mass is 10.2. The highest BCUT2D eigenvalue weighted by Gasteiger charge is 2.23. The summed E-state index contributed by atoms with van der Waals surface area (Å²) in [5.41, 5.74) is 1.85. The fraction of sp³-hybridized carbons (Fsp3) is 0.562. The second-order valence-corrected chi connectivity index (χ2v) is 7.86. The number of sulfonamides is 1. The fourth-order valence-corrected chi connectivity index (χ4v) is 2.97. The van der Waals surface area contributed by atoms with Crippen molar-refractivity contribution in [2.75, 3.05) is 51.4 Å². The van der Waals surface area contributed by atoms with E-state index in [1.165, 1.54) is 4.31 Å². The van der Waals surface area contributed by atoms with E-state index < -0.39 is 10.0 Å². The van der Waals surface area contributed by atoms with Crippen LogP contribution >= 0.6 is 0 Å². The molecule has 0 fully saturated rings. The molecule has 0 aliphatic heterocycles. The summed E-state index contributed by atoms with van der Waals surface area (Å²) in [7, 11) is 0.308. The summed E-state index contributed by atoms with van der Waals surface area (Å²) in [6.07, 6.45) is 1.14. The van der Waals surface area contributed by atoms with E-state index in [1.54, 1.807) is 4.90 Å². The normalized spacial score (nSPS) is 12.0. The minimum atomic E-state index is -3.43. The summed E-state index contributed by atoms with van der Waals surface area (Å²) in [6, 6.07) is 7.63. The Labute approximate surface area is 139 Å². The van der Waals surface area contributed by atoms with Gasteiger partial charge in [-0.25, -0.2) is 8.42 Å². The summed E-state index contributed by atoms with van der Waals surface area (Å²) in [4.78, 5) is 16.1. The van der Waals surface area contributed by atoms with Gasteiger partial charge < -0.3 is 9.80 Å². The maximum absolute atomic E-state index is 12.6. The zero-order chi connectivity index (χ0) is 17.6. The molecule has 0 N–H and O–H groups in total. The zero-order valence-electron chi connectivity index (χ0n) is 14.6. The van der Waals surface area contributed by atoms with Crippen LogP contribution in [0, 0.1) is 6.92 Å². The van der Waals surface area contributed by atoms with Crippen LogP contribution in [0.25, 0.3) is 0 Å². The van der Waals surface area contributed by atoms with Crippen LogP contribution in [0.5, 0.6) is 0 Å². The number of carbonyl (C=O) groups is 1. The van der Waals surface area contributed by atoms with Gasteiger partial charge in [0, 0.05) is 25.3 Å². The first-order valence-electron chi connectivity index (χ1n) is 7.62. The Balaban J connectivity index is 2.91. The van der Waals surface area contributed by atoms with Gasteiger partial charge in [0.2, 0.25) is 15.9 Å². The van der Waals surface area contributed by atoms with Crippen LogP contribution in [0.4, 0.5) is 5.69 Å². The molecule has 7 heteroatoms. The van der Waals surface area contributed by atoms with Gasteiger partial charge >= 0.3 is 0 Å². The molecule has 23 heavy (non-hydrogen) atoms. The Morgan fingerprint density at radius 1 is 1.17 bits per heavy atom. The Morgan fingerprint density at radius 2 is 1.83 bits per heavy atom. The maximum atomic E-state index is 12.6. The third-order valence-corrected chi connectivity index (χ3v) is 4.76. The molecule has 1 rings (SSSR count). The third-order valence-electron chi connectivity index (χ3n) is 3.51. The van der Waals surface area contributed by atoms with Crippen LogP contribution in [0.2, 0.25) is 0 Å². The van der Waals surface area contributed by atoms with Crippen LogP contribution in [-0.4, -0.2) is 70.1 Å². The van der Waals surface area contributed by atoms with E-state index in [4.69, 9.17) is 0 Å². The average molecular weight is 341 g/mol. The standard InChI is InChI=1S/C16H27N3O3S/c1-6-19(15-9-7-8-14(2)12-15)16(20)13-18(23(5,21)22)11-10-17(3)4/h7-9,12H,6,10-11,13H2,1-5H3. The molecule has 0 spiro atoms. The van der Waals surface area contributed by atoms with Gasteiger partial charge in [-0.1, -0.05) is 12.1 Å². The van der Waals surface area contributed by atoms with Gasteiger partial charge in [-0.05, 0) is 45.6 Å². The van der Waals surface area contributed by atoms with Crippen LogP contribution in [0.3, 0.4) is 0 Å². The summed E-state index contributed by atoms with van der Waals surface area (Å²) >= 11 is 0. The lowest BCUT2D eigenvalue weighted by molar-refractivity contribution is -0.118. The number of likely N-dealkylation sites (N-methyl/N-ethyl adjacent to an activating group) is 2. The number of amides is 1. The predicted molar refractivity (Wildman–Crippen MR) is 94.2 cm³/mol. The zero-order valence-corrected chi connectivity index (χ0v) is 15.4. The van der Waals surface area contributed by atoms with Crippen molar-refractivity contribution in [3.63, 3.8) is 0 Å². The van der Waals surface area contributed by atoms with Gasteiger partial charge in [0.05, 0.1) is 12.8 Å². The van der Waals surface area contributed by atoms with Gasteiger partial charge in [0.15, 0.2) is 0 Å². The monoisotopic (exact) mass is 341 g/mol. The molecule has 130 valence electrons. The first-order chi connectivity index (χ1) is 10.6. The molecule has 1 amide bonds. The quantitative estimate of drug-likeness (QED) is 0.712. The molecule has 6 nitrogen and oxygen atoms in total. The van der Waals surface area contributed by atoms with Gasteiger partial charge in [0.25, 0.3) is 0 Å². The van der Waals surface area contributed by atoms with Crippen LogP contribution in [-0.2, 0) is 14.8 Å². The van der Waals surface area contributed by atoms with Crippen molar-refractivity contribution in [2.24, 2.45) is 0 Å². The van der Waals surface area contributed by atoms with Crippen molar-refractivity contribution >= 4 is 21.6 Å². The first kappa shape index (κ1) is 19.6. The molecule has 0 aliphatic carbocycles. The molecule has 1 aromatic carbocycles. The molecule has 0 aromatic heterocycles. The Morgan fingerprint density at radius 3 is 2.30 bits per heavy atom. The van der Waals surface area contributed by atoms with Crippen LogP contribution in [0.1, 0.15) is 12.5 Å². The molecule has 0 heterocycles. The average Bonchev–Trinajstić information content (AvgIpc) is 2.42. The van der Waals surface area contributed by atoms with Gasteiger partial charge in [-0.2, -0.15) is 4.31 Å². The minimum absolute atomic E-state index is 0.144. The number of aryl methyl sites for hydroxylation is 1. The largest absolute Gasteiger partial charge is 0.312 e. The molecule has 1 aromatic rings. The number of anilines is 1. The Bertz CT molecular complexity index is 629. The smallest absolute Gasteiger partial charge is 0.242 e. The van der Waals surface area contributed by atoms with Crippen LogP contribution < -0.4 is 4.90 Å². The van der Waals surface area contributed by atoms with E-state index in [0.29, 0.717) is 19.6 Å². The van der Waals surface area contributed by atoms with E-state index in [0.717, 1.165) is 17.5 Å². The van der Waals surface area contributed by atoms with Gasteiger partial charge in [-0.3, -0.25) is 4.79 Å². The Hall–Kier alpha value is -1.44. The highest BCUT2D eigenvalue weighted by molar-refractivity contribution is 7.88. The highest BCUT2D eigenvalue weighted by atomic mass is 32.2. The van der Waals surface area contributed by atoms with E-state index in [2.05, 4.69) is 0 Å². The second kappa shape index (κ2) is 8.42. The van der Waals surface area contributed by atoms with Gasteiger partial charge in [0.1, 0.15) is 0 Å². The van der Waals surface area contributed by atoms with Gasteiger partial charge in [-0.15, -0.1) is 0 Å². The molecular weight excluding hydrogens is 314 g/mol. The molecule has 0 saturated carbocycles. The number of hydrogen-bond acceptors (Lipinski definition) is 4. The predicted octanol–water partition coefficient (Wildman–Crippen LogP) is 1.17. The lowest BCUT2D eigenvalue weighted by Gasteiger charge is -2.26. The van der Waals surface area contributed by atoms with Crippen molar-refractivity contribution in [1.29, 1.82) is 0 Å². The van der Waals surface area contributed by atoms with Crippen molar-refractivity contribution in [2.45, 2.75) is 13.8 Å². The number of rotatable bonds is 8. The minimum Gasteiger partial charge on any atom is -0.312 e. The molecule has 0 saturated heterocycles. The van der Waals surface area contributed by atoms with E-state index in [1.807, 2.05) is 57.1 Å². The molecule has 0 bridgehead atoms.